The van der Waals surface area contributed by atoms with Gasteiger partial charge in [-0.1, -0.05) is 0 Å². The molecule has 0 saturated heterocycles. The van der Waals surface area contributed by atoms with Crippen molar-refractivity contribution in [2.75, 3.05) is 39.5 Å². The number of thiazole rings is 1. The fraction of sp³-hybridized carbons (Fsp3) is 0.429. The number of carbonyl (C=O) groups excluding carboxylic acids is 4. The number of halogens is 1. The van der Waals surface area contributed by atoms with Gasteiger partial charge < -0.3 is 25.8 Å². The number of fused-ring (bicyclic) bond motifs is 1. The molecule has 182 valence electrons. The molecule has 0 aromatic carbocycles. The molecule has 0 aliphatic carbocycles. The average molecular weight is 552 g/mol. The second-order valence-corrected chi connectivity index (χ2v) is 10.1. The molecule has 4 amide bonds. The summed E-state index contributed by atoms with van der Waals surface area (Å²) in [5.41, 5.74) is 0.886. The fourth-order valence-corrected chi connectivity index (χ4v) is 4.36. The van der Waals surface area contributed by atoms with Crippen molar-refractivity contribution >= 4 is 56.7 Å². The van der Waals surface area contributed by atoms with Crippen molar-refractivity contribution in [3.05, 3.63) is 38.4 Å². The van der Waals surface area contributed by atoms with Gasteiger partial charge in [-0.15, -0.1) is 11.3 Å². The van der Waals surface area contributed by atoms with Crippen LogP contribution in [0.25, 0.3) is 0 Å². The number of amides is 4. The third-order valence-electron chi connectivity index (χ3n) is 5.05. The lowest BCUT2D eigenvalue weighted by Gasteiger charge is -2.20. The Morgan fingerprint density at radius 2 is 2.00 bits per heavy atom. The average Bonchev–Trinajstić information content (AvgIpc) is 3.22. The minimum absolute atomic E-state index is 0.0528. The van der Waals surface area contributed by atoms with E-state index in [-0.39, 0.29) is 24.7 Å². The Hall–Kier alpha value is -2.90. The highest BCUT2D eigenvalue weighted by molar-refractivity contribution is 9.10. The van der Waals surface area contributed by atoms with Crippen LogP contribution in [0, 0.1) is 0 Å². The molecule has 1 aliphatic heterocycles. The molecule has 0 radical (unpaired) electrons. The number of hydrogen-bond acceptors (Lipinski definition) is 8. The highest BCUT2D eigenvalue weighted by atomic mass is 79.9. The first-order valence-corrected chi connectivity index (χ1v) is 12.1. The zero-order valence-corrected chi connectivity index (χ0v) is 21.5. The molecule has 34 heavy (non-hydrogen) atoms. The van der Waals surface area contributed by atoms with Crippen molar-refractivity contribution in [3.63, 3.8) is 0 Å². The highest BCUT2D eigenvalue weighted by Gasteiger charge is 2.25. The largest absolute Gasteiger partial charge is 0.349 e. The number of nitrogens with one attached hydrogen (secondary N) is 3. The van der Waals surface area contributed by atoms with E-state index in [0.29, 0.717) is 11.6 Å². The molecule has 0 saturated carbocycles. The van der Waals surface area contributed by atoms with E-state index in [9.17, 15) is 19.2 Å². The molecule has 0 unspecified atom stereocenters. The number of carbonyl (C=O) groups is 4. The van der Waals surface area contributed by atoms with Gasteiger partial charge in [0.15, 0.2) is 5.01 Å². The van der Waals surface area contributed by atoms with Crippen LogP contribution in [0.1, 0.15) is 26.8 Å². The molecule has 2 aromatic rings. The summed E-state index contributed by atoms with van der Waals surface area (Å²) in [6.45, 7) is 1.47. The standard InChI is InChI=1S/C21H26BrN7O4S/c1-28(2)17(30)8-13(10-24-18(31)19(32)27-16-5-4-12(22)9-23-16)25-20(33)21-26-14-11-29(3)7-6-15(14)34-21/h4-5,9,13H,6-8,10-11H2,1-3H3,(H,24,31)(H,25,33)(H,23,27,32)/t13-/m1/s1. The Bertz CT molecular complexity index is 1070. The second kappa shape index (κ2) is 11.5. The lowest BCUT2D eigenvalue weighted by Crippen LogP contribution is -2.48. The van der Waals surface area contributed by atoms with Crippen molar-refractivity contribution in [1.82, 2.24) is 30.4 Å². The lowest BCUT2D eigenvalue weighted by molar-refractivity contribution is -0.136. The normalized spacial score (nSPS) is 14.0. The quantitative estimate of drug-likeness (QED) is 0.429. The van der Waals surface area contributed by atoms with Crippen LogP contribution < -0.4 is 16.0 Å². The maximum atomic E-state index is 12.8. The number of likely N-dealkylation sites (N-methyl/N-ethyl adjacent to an activating group) is 1. The first kappa shape index (κ1) is 25.7. The number of aromatic nitrogens is 2. The summed E-state index contributed by atoms with van der Waals surface area (Å²) >= 11 is 4.58. The van der Waals surface area contributed by atoms with E-state index >= 15 is 0 Å². The molecule has 3 rings (SSSR count). The van der Waals surface area contributed by atoms with Crippen LogP contribution in [0.3, 0.4) is 0 Å². The van der Waals surface area contributed by atoms with Gasteiger partial charge in [-0.05, 0) is 41.5 Å². The molecule has 1 aliphatic rings. The monoisotopic (exact) mass is 551 g/mol. The van der Waals surface area contributed by atoms with Gasteiger partial charge in [0.2, 0.25) is 5.91 Å². The molecule has 1 atom stereocenters. The lowest BCUT2D eigenvalue weighted by atomic mass is 10.2. The van der Waals surface area contributed by atoms with Crippen LogP contribution in [0.5, 0.6) is 0 Å². The summed E-state index contributed by atoms with van der Waals surface area (Å²) in [6, 6.07) is 2.49. The number of nitrogens with zero attached hydrogens (tertiary/aromatic N) is 4. The van der Waals surface area contributed by atoms with Crippen LogP contribution in [0.2, 0.25) is 0 Å². The number of anilines is 1. The molecular formula is C21H26BrN7O4S. The van der Waals surface area contributed by atoms with E-state index in [1.165, 1.54) is 22.4 Å². The third-order valence-corrected chi connectivity index (χ3v) is 6.68. The first-order valence-electron chi connectivity index (χ1n) is 10.5. The summed E-state index contributed by atoms with van der Waals surface area (Å²) in [4.78, 5) is 62.6. The highest BCUT2D eigenvalue weighted by Crippen LogP contribution is 2.24. The topological polar surface area (TPSA) is 137 Å². The molecule has 13 heteroatoms. The van der Waals surface area contributed by atoms with Gasteiger partial charge in [-0.25, -0.2) is 9.97 Å². The summed E-state index contributed by atoms with van der Waals surface area (Å²) in [5, 5.41) is 7.95. The number of hydrogen-bond donors (Lipinski definition) is 3. The number of rotatable bonds is 7. The maximum absolute atomic E-state index is 12.8. The van der Waals surface area contributed by atoms with Crippen LogP contribution >= 0.6 is 27.3 Å². The second-order valence-electron chi connectivity index (χ2n) is 8.07. The molecule has 11 nitrogen and oxygen atoms in total. The van der Waals surface area contributed by atoms with E-state index in [1.807, 2.05) is 7.05 Å². The van der Waals surface area contributed by atoms with Gasteiger partial charge >= 0.3 is 11.8 Å². The van der Waals surface area contributed by atoms with E-state index in [0.717, 1.165) is 28.0 Å². The van der Waals surface area contributed by atoms with Crippen molar-refractivity contribution < 1.29 is 19.2 Å². The summed E-state index contributed by atoms with van der Waals surface area (Å²) < 4.78 is 0.729. The van der Waals surface area contributed by atoms with Crippen molar-refractivity contribution in [3.8, 4) is 0 Å². The first-order chi connectivity index (χ1) is 16.1. The van der Waals surface area contributed by atoms with Gasteiger partial charge in [0.05, 0.1) is 11.7 Å². The van der Waals surface area contributed by atoms with Crippen molar-refractivity contribution in [1.29, 1.82) is 0 Å². The van der Waals surface area contributed by atoms with Gasteiger partial charge in [-0.3, -0.25) is 19.2 Å². The molecular weight excluding hydrogens is 526 g/mol. The van der Waals surface area contributed by atoms with Crippen LogP contribution in [0.15, 0.2) is 22.8 Å². The van der Waals surface area contributed by atoms with Crippen LogP contribution in [0.4, 0.5) is 5.82 Å². The SMILES string of the molecule is CN1CCc2sc(C(=O)N[C@@H](CNC(=O)C(=O)Nc3ccc(Br)cn3)CC(=O)N(C)C)nc2C1. The fourth-order valence-electron chi connectivity index (χ4n) is 3.16. The zero-order chi connectivity index (χ0) is 24.8. The Balaban J connectivity index is 1.61. The minimum Gasteiger partial charge on any atom is -0.349 e. The smallest absolute Gasteiger partial charge is 0.314 e. The van der Waals surface area contributed by atoms with Gasteiger partial charge in [0, 0.05) is 55.7 Å². The molecule has 0 fully saturated rings. The van der Waals surface area contributed by atoms with E-state index in [1.54, 1.807) is 26.2 Å². The van der Waals surface area contributed by atoms with E-state index in [4.69, 9.17) is 0 Å². The molecule has 0 spiro atoms. The Kier molecular flexibility index (Phi) is 8.69. The Morgan fingerprint density at radius 3 is 2.68 bits per heavy atom. The van der Waals surface area contributed by atoms with Gasteiger partial charge in [-0.2, -0.15) is 0 Å². The predicted molar refractivity (Wildman–Crippen MR) is 130 cm³/mol. The van der Waals surface area contributed by atoms with Gasteiger partial charge in [0.25, 0.3) is 5.91 Å². The van der Waals surface area contributed by atoms with Crippen LogP contribution in [-0.4, -0.2) is 83.7 Å². The van der Waals surface area contributed by atoms with Crippen molar-refractivity contribution in [2.45, 2.75) is 25.4 Å². The molecule has 2 aromatic heterocycles. The predicted octanol–water partition coefficient (Wildman–Crippen LogP) is 0.620. The zero-order valence-electron chi connectivity index (χ0n) is 19.1. The molecule has 3 N–H and O–H groups in total. The number of pyridine rings is 1. The maximum Gasteiger partial charge on any atom is 0.314 e. The third kappa shape index (κ3) is 7.05. The minimum atomic E-state index is -0.908. The van der Waals surface area contributed by atoms with Crippen LogP contribution in [-0.2, 0) is 27.3 Å². The van der Waals surface area contributed by atoms with E-state index < -0.39 is 23.8 Å². The summed E-state index contributed by atoms with van der Waals surface area (Å²) in [5.74, 6) is -2.25. The Morgan fingerprint density at radius 1 is 1.24 bits per heavy atom. The molecule has 3 heterocycles. The molecule has 0 bridgehead atoms. The van der Waals surface area contributed by atoms with Gasteiger partial charge in [0.1, 0.15) is 5.82 Å². The van der Waals surface area contributed by atoms with Crippen molar-refractivity contribution in [2.24, 2.45) is 0 Å². The van der Waals surface area contributed by atoms with E-state index in [2.05, 4.69) is 46.7 Å². The Labute approximate surface area is 209 Å². The summed E-state index contributed by atoms with van der Waals surface area (Å²) in [6.07, 6.45) is 2.26. The summed E-state index contributed by atoms with van der Waals surface area (Å²) in [7, 11) is 5.20.